The highest BCUT2D eigenvalue weighted by Crippen LogP contribution is 2.21. The first-order chi connectivity index (χ1) is 8.19. The molecule has 0 aliphatic carbocycles. The van der Waals surface area contributed by atoms with E-state index in [1.807, 2.05) is 0 Å². The number of ether oxygens (including phenoxy) is 1. The second-order valence-electron chi connectivity index (χ2n) is 3.08. The molecule has 0 atom stereocenters. The summed E-state index contributed by atoms with van der Waals surface area (Å²) in [6.45, 7) is 0.462. The summed E-state index contributed by atoms with van der Waals surface area (Å²) in [7, 11) is 1.53. The summed E-state index contributed by atoms with van der Waals surface area (Å²) in [5, 5.41) is 4.75. The zero-order chi connectivity index (χ0) is 12.3. The lowest BCUT2D eigenvalue weighted by molar-refractivity contribution is 0.394. The minimum absolute atomic E-state index is 0.0731. The Kier molecular flexibility index (Phi) is 3.75. The second kappa shape index (κ2) is 5.28. The van der Waals surface area contributed by atoms with Crippen LogP contribution in [0.1, 0.15) is 5.69 Å². The first-order valence-corrected chi connectivity index (χ1v) is 6.33. The van der Waals surface area contributed by atoms with Crippen molar-refractivity contribution in [3.05, 3.63) is 31.4 Å². The molecule has 17 heavy (non-hydrogen) atoms. The molecule has 0 aliphatic rings. The number of thiazole rings is 1. The first kappa shape index (κ1) is 12.1. The molecule has 2 aromatic rings. The van der Waals surface area contributed by atoms with E-state index in [2.05, 4.69) is 36.2 Å². The number of halogens is 1. The molecule has 2 rings (SSSR count). The van der Waals surface area contributed by atoms with Crippen molar-refractivity contribution < 1.29 is 4.74 Å². The van der Waals surface area contributed by atoms with Crippen LogP contribution in [0.15, 0.2) is 20.8 Å². The number of rotatable bonds is 4. The summed E-state index contributed by atoms with van der Waals surface area (Å²) in [4.78, 5) is 21.7. The van der Waals surface area contributed by atoms with Crippen LogP contribution in [0, 0.1) is 0 Å². The molecule has 0 saturated heterocycles. The van der Waals surface area contributed by atoms with Crippen molar-refractivity contribution in [2.24, 2.45) is 0 Å². The van der Waals surface area contributed by atoms with Gasteiger partial charge in [-0.2, -0.15) is 4.98 Å². The number of hydrogen-bond donors (Lipinski definition) is 2. The van der Waals surface area contributed by atoms with Crippen LogP contribution in [0.2, 0.25) is 0 Å². The molecular weight excluding hydrogens is 308 g/mol. The van der Waals surface area contributed by atoms with Gasteiger partial charge in [-0.25, -0.2) is 4.98 Å². The van der Waals surface area contributed by atoms with Crippen molar-refractivity contribution in [1.82, 2.24) is 15.0 Å². The topological polar surface area (TPSA) is 79.9 Å². The van der Waals surface area contributed by atoms with Gasteiger partial charge in [0.25, 0.3) is 0 Å². The van der Waals surface area contributed by atoms with Gasteiger partial charge in [0.15, 0.2) is 0 Å². The van der Waals surface area contributed by atoms with Gasteiger partial charge >= 0.3 is 4.87 Å². The number of nitrogens with one attached hydrogen (secondary N) is 2. The average molecular weight is 317 g/mol. The fourth-order valence-corrected chi connectivity index (χ4v) is 2.09. The van der Waals surface area contributed by atoms with Gasteiger partial charge in [-0.15, -0.1) is 0 Å². The van der Waals surface area contributed by atoms with Crippen LogP contribution < -0.4 is 14.9 Å². The Morgan fingerprint density at radius 1 is 1.65 bits per heavy atom. The maximum atomic E-state index is 10.9. The van der Waals surface area contributed by atoms with Crippen LogP contribution in [0.25, 0.3) is 0 Å². The maximum Gasteiger partial charge on any atom is 0.304 e. The molecule has 0 fully saturated rings. The average Bonchev–Trinajstić information content (AvgIpc) is 2.74. The van der Waals surface area contributed by atoms with E-state index in [0.717, 1.165) is 17.0 Å². The van der Waals surface area contributed by atoms with E-state index in [1.54, 1.807) is 11.6 Å². The number of methoxy groups -OCH3 is 1. The molecule has 8 heteroatoms. The summed E-state index contributed by atoms with van der Waals surface area (Å²) in [6.07, 6.45) is 1.60. The Labute approximate surface area is 109 Å². The third-order valence-corrected chi connectivity index (χ3v) is 3.18. The number of anilines is 1. The van der Waals surface area contributed by atoms with Gasteiger partial charge in [-0.1, -0.05) is 11.3 Å². The third kappa shape index (κ3) is 3.04. The fourth-order valence-electron chi connectivity index (χ4n) is 1.15. The van der Waals surface area contributed by atoms with Crippen LogP contribution in [-0.4, -0.2) is 22.1 Å². The molecule has 0 aliphatic heterocycles. The van der Waals surface area contributed by atoms with Crippen molar-refractivity contribution >= 4 is 33.2 Å². The van der Waals surface area contributed by atoms with Gasteiger partial charge in [0.2, 0.25) is 11.8 Å². The summed E-state index contributed by atoms with van der Waals surface area (Å²) in [5.41, 5.74) is 0.797. The molecule has 0 aromatic carbocycles. The Bertz CT molecular complexity index is 568. The molecule has 2 N–H and O–H groups in total. The third-order valence-electron chi connectivity index (χ3n) is 1.91. The molecule has 0 spiro atoms. The Morgan fingerprint density at radius 3 is 3.12 bits per heavy atom. The van der Waals surface area contributed by atoms with Gasteiger partial charge in [0.05, 0.1) is 24.3 Å². The van der Waals surface area contributed by atoms with Crippen LogP contribution in [0.5, 0.6) is 5.88 Å². The normalized spacial score (nSPS) is 10.2. The Morgan fingerprint density at radius 2 is 2.47 bits per heavy atom. The van der Waals surface area contributed by atoms with E-state index >= 15 is 0 Å². The van der Waals surface area contributed by atoms with E-state index in [4.69, 9.17) is 4.74 Å². The minimum Gasteiger partial charge on any atom is -0.480 e. The van der Waals surface area contributed by atoms with E-state index < -0.39 is 0 Å². The van der Waals surface area contributed by atoms with Gasteiger partial charge in [-0.3, -0.25) is 4.79 Å². The number of aromatic nitrogens is 3. The molecule has 0 saturated carbocycles. The van der Waals surface area contributed by atoms with Crippen molar-refractivity contribution in [1.29, 1.82) is 0 Å². The lowest BCUT2D eigenvalue weighted by Crippen LogP contribution is -2.06. The molecule has 0 unspecified atom stereocenters. The highest BCUT2D eigenvalue weighted by atomic mass is 79.9. The van der Waals surface area contributed by atoms with Crippen LogP contribution >= 0.6 is 27.3 Å². The molecule has 2 heterocycles. The highest BCUT2D eigenvalue weighted by molar-refractivity contribution is 9.10. The fraction of sp³-hybridized carbons (Fsp3) is 0.222. The van der Waals surface area contributed by atoms with Gasteiger partial charge in [0.1, 0.15) is 0 Å². The largest absolute Gasteiger partial charge is 0.480 e. The lowest BCUT2D eigenvalue weighted by atomic mass is 10.5. The van der Waals surface area contributed by atoms with Crippen molar-refractivity contribution in [3.8, 4) is 5.88 Å². The van der Waals surface area contributed by atoms with Crippen LogP contribution in [0.3, 0.4) is 0 Å². The number of aromatic amines is 1. The van der Waals surface area contributed by atoms with Crippen molar-refractivity contribution in [2.75, 3.05) is 12.4 Å². The predicted molar refractivity (Wildman–Crippen MR) is 68.6 cm³/mol. The smallest absolute Gasteiger partial charge is 0.304 e. The van der Waals surface area contributed by atoms with Gasteiger partial charge in [-0.05, 0) is 15.9 Å². The predicted octanol–water partition coefficient (Wildman–Crippen LogP) is 1.61. The van der Waals surface area contributed by atoms with Crippen molar-refractivity contribution in [2.45, 2.75) is 6.54 Å². The Hall–Kier alpha value is -1.41. The Balaban J connectivity index is 2.06. The summed E-state index contributed by atoms with van der Waals surface area (Å²) in [6, 6.07) is 0. The van der Waals surface area contributed by atoms with Gasteiger partial charge < -0.3 is 15.0 Å². The molecule has 0 amide bonds. The molecular formula is C9H9BrN4O2S. The lowest BCUT2D eigenvalue weighted by Gasteiger charge is -2.05. The van der Waals surface area contributed by atoms with E-state index in [-0.39, 0.29) is 4.87 Å². The number of nitrogens with zero attached hydrogens (tertiary/aromatic N) is 2. The molecule has 6 nitrogen and oxygen atoms in total. The van der Waals surface area contributed by atoms with Crippen LogP contribution in [-0.2, 0) is 6.54 Å². The number of hydrogen-bond acceptors (Lipinski definition) is 6. The first-order valence-electron chi connectivity index (χ1n) is 4.66. The zero-order valence-corrected chi connectivity index (χ0v) is 11.3. The molecule has 0 bridgehead atoms. The minimum atomic E-state index is -0.0731. The summed E-state index contributed by atoms with van der Waals surface area (Å²) in [5.74, 6) is 0.901. The number of H-pyrrole nitrogens is 1. The van der Waals surface area contributed by atoms with E-state index in [1.165, 1.54) is 7.11 Å². The zero-order valence-electron chi connectivity index (χ0n) is 8.86. The monoisotopic (exact) mass is 316 g/mol. The van der Waals surface area contributed by atoms with E-state index in [0.29, 0.717) is 22.8 Å². The SMILES string of the molecule is COc1nc(NCc2csc(=O)[nH]2)ncc1Br. The summed E-state index contributed by atoms with van der Waals surface area (Å²) < 4.78 is 5.74. The second-order valence-corrected chi connectivity index (χ2v) is 4.77. The van der Waals surface area contributed by atoms with E-state index in [9.17, 15) is 4.79 Å². The molecule has 2 aromatic heterocycles. The van der Waals surface area contributed by atoms with Crippen LogP contribution in [0.4, 0.5) is 5.95 Å². The van der Waals surface area contributed by atoms with Gasteiger partial charge in [0, 0.05) is 11.1 Å². The summed E-state index contributed by atoms with van der Waals surface area (Å²) >= 11 is 4.39. The highest BCUT2D eigenvalue weighted by Gasteiger charge is 2.05. The quantitative estimate of drug-likeness (QED) is 0.895. The maximum absolute atomic E-state index is 10.9. The molecule has 90 valence electrons. The standard InChI is InChI=1S/C9H9BrN4O2S/c1-16-7-6(10)3-12-8(14-7)11-2-5-4-17-9(15)13-5/h3-4H,2H2,1H3,(H,13,15)(H,11,12,14). The van der Waals surface area contributed by atoms with Crippen molar-refractivity contribution in [3.63, 3.8) is 0 Å². The molecule has 0 radical (unpaired) electrons.